The molecule has 4 nitrogen and oxygen atoms in total. The summed E-state index contributed by atoms with van der Waals surface area (Å²) in [6, 6.07) is 1.02. The average molecular weight is 280 g/mol. The summed E-state index contributed by atoms with van der Waals surface area (Å²) in [5.74, 6) is 0.0616. The Hall–Kier alpha value is -0.610. The predicted octanol–water partition coefficient (Wildman–Crippen LogP) is 2.09. The second-order valence-corrected chi connectivity index (χ2v) is 7.07. The van der Waals surface area contributed by atoms with Crippen molar-refractivity contribution >= 4 is 5.97 Å². The van der Waals surface area contributed by atoms with Crippen LogP contribution in [0.4, 0.5) is 0 Å². The van der Waals surface area contributed by atoms with Gasteiger partial charge in [-0.1, -0.05) is 19.3 Å². The van der Waals surface area contributed by atoms with Gasteiger partial charge in [-0.2, -0.15) is 0 Å². The minimum atomic E-state index is -0.608. The Kier molecular flexibility index (Phi) is 4.61. The van der Waals surface area contributed by atoms with Crippen LogP contribution in [0.5, 0.6) is 0 Å². The zero-order valence-corrected chi connectivity index (χ0v) is 12.4. The third-order valence-electron chi connectivity index (χ3n) is 5.59. The molecule has 3 rings (SSSR count). The summed E-state index contributed by atoms with van der Waals surface area (Å²) >= 11 is 0. The maximum absolute atomic E-state index is 11.4. The van der Waals surface area contributed by atoms with E-state index in [2.05, 4.69) is 10.2 Å². The standard InChI is InChI=1S/C16H28N2O2/c19-16(20)13-8-14(17-9-12-4-3-5-12)11-18(10-13)15-6-1-2-7-15/h12-15,17H,1-11H2,(H,19,20). The number of hydrogen-bond donors (Lipinski definition) is 2. The molecule has 2 unspecified atom stereocenters. The first-order valence-corrected chi connectivity index (χ1v) is 8.42. The molecule has 4 heteroatoms. The number of hydrogen-bond acceptors (Lipinski definition) is 3. The molecule has 114 valence electrons. The highest BCUT2D eigenvalue weighted by Crippen LogP contribution is 2.29. The van der Waals surface area contributed by atoms with Gasteiger partial charge in [0.15, 0.2) is 0 Å². The van der Waals surface area contributed by atoms with E-state index in [4.69, 9.17) is 0 Å². The molecule has 2 atom stereocenters. The van der Waals surface area contributed by atoms with E-state index in [0.717, 1.165) is 32.0 Å². The first-order chi connectivity index (χ1) is 9.72. The van der Waals surface area contributed by atoms with Crippen molar-refractivity contribution in [2.45, 2.75) is 63.5 Å². The molecule has 20 heavy (non-hydrogen) atoms. The summed E-state index contributed by atoms with van der Waals surface area (Å²) in [5.41, 5.74) is 0. The number of carboxylic acids is 1. The molecule has 0 spiro atoms. The second kappa shape index (κ2) is 6.44. The topological polar surface area (TPSA) is 52.6 Å². The second-order valence-electron chi connectivity index (χ2n) is 7.07. The van der Waals surface area contributed by atoms with Crippen LogP contribution in [0.1, 0.15) is 51.4 Å². The highest BCUT2D eigenvalue weighted by atomic mass is 16.4. The fraction of sp³-hybridized carbons (Fsp3) is 0.938. The lowest BCUT2D eigenvalue weighted by molar-refractivity contribution is -0.144. The van der Waals surface area contributed by atoms with Crippen LogP contribution < -0.4 is 5.32 Å². The number of likely N-dealkylation sites (tertiary alicyclic amines) is 1. The molecule has 0 radical (unpaired) electrons. The predicted molar refractivity (Wildman–Crippen MR) is 78.7 cm³/mol. The molecule has 3 aliphatic rings. The van der Waals surface area contributed by atoms with E-state index in [0.29, 0.717) is 12.1 Å². The molecular formula is C16H28N2O2. The van der Waals surface area contributed by atoms with Crippen molar-refractivity contribution in [3.8, 4) is 0 Å². The Morgan fingerprint density at radius 1 is 1.10 bits per heavy atom. The number of nitrogens with one attached hydrogen (secondary N) is 1. The van der Waals surface area contributed by atoms with E-state index in [9.17, 15) is 9.90 Å². The number of carboxylic acid groups (broad SMARTS) is 1. The number of nitrogens with zero attached hydrogens (tertiary/aromatic N) is 1. The minimum Gasteiger partial charge on any atom is -0.481 e. The van der Waals surface area contributed by atoms with Crippen LogP contribution >= 0.6 is 0 Å². The molecule has 1 heterocycles. The van der Waals surface area contributed by atoms with Crippen LogP contribution in [0, 0.1) is 11.8 Å². The van der Waals surface area contributed by atoms with Crippen LogP contribution in [-0.4, -0.2) is 47.7 Å². The summed E-state index contributed by atoms with van der Waals surface area (Å²) in [7, 11) is 0. The van der Waals surface area contributed by atoms with Crippen LogP contribution in [0.3, 0.4) is 0 Å². The lowest BCUT2D eigenvalue weighted by Crippen LogP contribution is -2.54. The number of carbonyl (C=O) groups is 1. The van der Waals surface area contributed by atoms with E-state index >= 15 is 0 Å². The zero-order valence-electron chi connectivity index (χ0n) is 12.4. The first-order valence-electron chi connectivity index (χ1n) is 8.42. The van der Waals surface area contributed by atoms with Crippen molar-refractivity contribution in [1.82, 2.24) is 10.2 Å². The van der Waals surface area contributed by atoms with Gasteiger partial charge >= 0.3 is 5.97 Å². The molecule has 0 aromatic heterocycles. The molecule has 0 amide bonds. The number of piperidine rings is 1. The van der Waals surface area contributed by atoms with E-state index in [1.807, 2.05) is 0 Å². The molecule has 2 aliphatic carbocycles. The van der Waals surface area contributed by atoms with Crippen molar-refractivity contribution in [3.63, 3.8) is 0 Å². The molecule has 3 fully saturated rings. The van der Waals surface area contributed by atoms with E-state index in [1.165, 1.54) is 44.9 Å². The van der Waals surface area contributed by atoms with Gasteiger partial charge in [-0.05, 0) is 44.6 Å². The Morgan fingerprint density at radius 2 is 1.85 bits per heavy atom. The lowest BCUT2D eigenvalue weighted by atomic mass is 9.85. The number of rotatable bonds is 5. The van der Waals surface area contributed by atoms with Gasteiger partial charge in [0.05, 0.1) is 5.92 Å². The van der Waals surface area contributed by atoms with Gasteiger partial charge in [0.2, 0.25) is 0 Å². The Morgan fingerprint density at radius 3 is 2.45 bits per heavy atom. The van der Waals surface area contributed by atoms with Gasteiger partial charge in [0.1, 0.15) is 0 Å². The normalized spacial score (nSPS) is 33.2. The summed E-state index contributed by atoms with van der Waals surface area (Å²) in [6.07, 6.45) is 10.1. The fourth-order valence-corrected chi connectivity index (χ4v) is 4.06. The highest BCUT2D eigenvalue weighted by molar-refractivity contribution is 5.70. The quantitative estimate of drug-likeness (QED) is 0.810. The highest BCUT2D eigenvalue weighted by Gasteiger charge is 2.35. The van der Waals surface area contributed by atoms with E-state index in [-0.39, 0.29) is 5.92 Å². The molecule has 2 N–H and O–H groups in total. The molecule has 2 saturated carbocycles. The van der Waals surface area contributed by atoms with Crippen LogP contribution in [-0.2, 0) is 4.79 Å². The third-order valence-corrected chi connectivity index (χ3v) is 5.59. The molecule has 0 aromatic carbocycles. The van der Waals surface area contributed by atoms with E-state index < -0.39 is 5.97 Å². The van der Waals surface area contributed by atoms with Crippen LogP contribution in [0.15, 0.2) is 0 Å². The SMILES string of the molecule is O=C(O)C1CC(NCC2CCC2)CN(C2CCCC2)C1. The largest absolute Gasteiger partial charge is 0.481 e. The molecule has 0 aromatic rings. The summed E-state index contributed by atoms with van der Waals surface area (Å²) < 4.78 is 0. The van der Waals surface area contributed by atoms with Gasteiger partial charge in [0.25, 0.3) is 0 Å². The molecule has 1 saturated heterocycles. The monoisotopic (exact) mass is 280 g/mol. The van der Waals surface area contributed by atoms with Crippen molar-refractivity contribution in [1.29, 1.82) is 0 Å². The molecule has 0 bridgehead atoms. The van der Waals surface area contributed by atoms with Gasteiger partial charge in [-0.25, -0.2) is 0 Å². The number of aliphatic carboxylic acids is 1. The van der Waals surface area contributed by atoms with Gasteiger partial charge in [0, 0.05) is 25.2 Å². The summed E-state index contributed by atoms with van der Waals surface area (Å²) in [4.78, 5) is 13.9. The van der Waals surface area contributed by atoms with Gasteiger partial charge < -0.3 is 10.4 Å². The minimum absolute atomic E-state index is 0.178. The Bertz CT molecular complexity index is 337. The summed E-state index contributed by atoms with van der Waals surface area (Å²) in [6.45, 7) is 2.91. The van der Waals surface area contributed by atoms with Gasteiger partial charge in [-0.15, -0.1) is 0 Å². The van der Waals surface area contributed by atoms with Crippen molar-refractivity contribution in [3.05, 3.63) is 0 Å². The Balaban J connectivity index is 1.55. The van der Waals surface area contributed by atoms with Crippen molar-refractivity contribution in [2.75, 3.05) is 19.6 Å². The summed E-state index contributed by atoms with van der Waals surface area (Å²) in [5, 5.41) is 13.1. The van der Waals surface area contributed by atoms with Crippen molar-refractivity contribution in [2.24, 2.45) is 11.8 Å². The van der Waals surface area contributed by atoms with E-state index in [1.54, 1.807) is 0 Å². The first kappa shape index (κ1) is 14.3. The molecule has 1 aliphatic heterocycles. The third kappa shape index (κ3) is 3.34. The Labute approximate surface area is 121 Å². The maximum atomic E-state index is 11.4. The smallest absolute Gasteiger partial charge is 0.307 e. The fourth-order valence-electron chi connectivity index (χ4n) is 4.06. The average Bonchev–Trinajstić information content (AvgIpc) is 2.90. The van der Waals surface area contributed by atoms with Crippen LogP contribution in [0.25, 0.3) is 0 Å². The lowest BCUT2D eigenvalue weighted by Gasteiger charge is -2.40. The van der Waals surface area contributed by atoms with Crippen molar-refractivity contribution < 1.29 is 9.90 Å². The zero-order chi connectivity index (χ0) is 13.9. The van der Waals surface area contributed by atoms with Gasteiger partial charge in [-0.3, -0.25) is 9.69 Å². The van der Waals surface area contributed by atoms with Crippen LogP contribution in [0.2, 0.25) is 0 Å². The maximum Gasteiger partial charge on any atom is 0.307 e. The molecular weight excluding hydrogens is 252 g/mol.